The van der Waals surface area contributed by atoms with Crippen molar-refractivity contribution < 1.29 is 14.6 Å². The number of nitrogens with one attached hydrogen (secondary N) is 1. The normalized spacial score (nSPS) is 10.1. The predicted molar refractivity (Wildman–Crippen MR) is 76.6 cm³/mol. The highest BCUT2D eigenvalue weighted by molar-refractivity contribution is 5.94. The number of nitrogens with two attached hydrogens (primary N) is 1. The fraction of sp³-hybridized carbons (Fsp3) is 0.143. The van der Waals surface area contributed by atoms with Crippen LogP contribution in [0.15, 0.2) is 30.5 Å². The molecule has 0 radical (unpaired) electrons. The number of carboxylic acid groups (broad SMARTS) is 1. The quantitative estimate of drug-likeness (QED) is 0.791. The van der Waals surface area contributed by atoms with Crippen molar-refractivity contribution in [3.63, 3.8) is 0 Å². The number of aryl methyl sites for hydroxylation is 1. The zero-order valence-corrected chi connectivity index (χ0v) is 11.2. The Morgan fingerprint density at radius 3 is 2.75 bits per heavy atom. The lowest BCUT2D eigenvalue weighted by Crippen LogP contribution is -2.05. The number of anilines is 3. The van der Waals surface area contributed by atoms with Crippen molar-refractivity contribution in [3.8, 4) is 5.75 Å². The van der Waals surface area contributed by atoms with Crippen molar-refractivity contribution in [2.75, 3.05) is 18.2 Å². The third kappa shape index (κ3) is 2.80. The summed E-state index contributed by atoms with van der Waals surface area (Å²) in [5, 5.41) is 12.0. The van der Waals surface area contributed by atoms with Gasteiger partial charge in [-0.2, -0.15) is 0 Å². The first-order valence-corrected chi connectivity index (χ1v) is 5.91. The average molecular weight is 273 g/mol. The highest BCUT2D eigenvalue weighted by Crippen LogP contribution is 2.24. The molecule has 2 rings (SSSR count). The van der Waals surface area contributed by atoms with Crippen LogP contribution in [0.2, 0.25) is 0 Å². The van der Waals surface area contributed by atoms with Crippen molar-refractivity contribution in [3.05, 3.63) is 41.6 Å². The Kier molecular flexibility index (Phi) is 3.74. The lowest BCUT2D eigenvalue weighted by atomic mass is 10.2. The molecule has 0 amide bonds. The molecule has 0 aliphatic carbocycles. The lowest BCUT2D eigenvalue weighted by Gasteiger charge is -2.10. The minimum Gasteiger partial charge on any atom is -0.496 e. The van der Waals surface area contributed by atoms with Crippen LogP contribution in [0, 0.1) is 6.92 Å². The maximum Gasteiger partial charge on any atom is 0.337 e. The van der Waals surface area contributed by atoms with E-state index in [2.05, 4.69) is 10.3 Å². The van der Waals surface area contributed by atoms with Gasteiger partial charge in [0.1, 0.15) is 11.6 Å². The summed E-state index contributed by atoms with van der Waals surface area (Å²) in [6.07, 6.45) is 1.32. The van der Waals surface area contributed by atoms with Crippen LogP contribution in [0.25, 0.3) is 0 Å². The van der Waals surface area contributed by atoms with Gasteiger partial charge in [0.05, 0.1) is 24.6 Å². The number of carbonyl (C=O) groups is 1. The Balaban J connectivity index is 2.28. The first-order chi connectivity index (χ1) is 9.51. The van der Waals surface area contributed by atoms with Crippen LogP contribution in [-0.4, -0.2) is 23.2 Å². The van der Waals surface area contributed by atoms with E-state index in [0.29, 0.717) is 5.82 Å². The monoisotopic (exact) mass is 273 g/mol. The van der Waals surface area contributed by atoms with Crippen LogP contribution < -0.4 is 15.8 Å². The number of nitrogens with zero attached hydrogens (tertiary/aromatic N) is 1. The predicted octanol–water partition coefficient (Wildman–Crippen LogP) is 2.42. The van der Waals surface area contributed by atoms with Crippen molar-refractivity contribution in [1.82, 2.24) is 4.98 Å². The number of hydrogen-bond acceptors (Lipinski definition) is 5. The van der Waals surface area contributed by atoms with E-state index in [-0.39, 0.29) is 11.3 Å². The molecule has 0 aliphatic heterocycles. The minimum atomic E-state index is -1.08. The van der Waals surface area contributed by atoms with Gasteiger partial charge in [0.25, 0.3) is 0 Å². The Labute approximate surface area is 116 Å². The molecule has 20 heavy (non-hydrogen) atoms. The van der Waals surface area contributed by atoms with Crippen molar-refractivity contribution in [2.24, 2.45) is 0 Å². The second-order valence-electron chi connectivity index (χ2n) is 4.27. The van der Waals surface area contributed by atoms with E-state index in [9.17, 15) is 4.79 Å². The Morgan fingerprint density at radius 2 is 2.15 bits per heavy atom. The zero-order chi connectivity index (χ0) is 14.7. The van der Waals surface area contributed by atoms with Gasteiger partial charge in [-0.25, -0.2) is 9.78 Å². The maximum absolute atomic E-state index is 11.0. The molecule has 6 nitrogen and oxygen atoms in total. The molecule has 0 saturated heterocycles. The van der Waals surface area contributed by atoms with Gasteiger partial charge in [0.2, 0.25) is 0 Å². The molecule has 0 fully saturated rings. The van der Waals surface area contributed by atoms with Crippen LogP contribution in [0.3, 0.4) is 0 Å². The summed E-state index contributed by atoms with van der Waals surface area (Å²) >= 11 is 0. The summed E-state index contributed by atoms with van der Waals surface area (Å²) in [7, 11) is 1.61. The molecule has 0 spiro atoms. The first-order valence-electron chi connectivity index (χ1n) is 5.91. The summed E-state index contributed by atoms with van der Waals surface area (Å²) < 4.78 is 5.18. The van der Waals surface area contributed by atoms with E-state index < -0.39 is 5.97 Å². The van der Waals surface area contributed by atoms with Gasteiger partial charge in [-0.05, 0) is 36.8 Å². The van der Waals surface area contributed by atoms with Gasteiger partial charge in [-0.3, -0.25) is 0 Å². The van der Waals surface area contributed by atoms with E-state index in [1.807, 2.05) is 25.1 Å². The Hall–Kier alpha value is -2.76. The van der Waals surface area contributed by atoms with Gasteiger partial charge < -0.3 is 20.9 Å². The molecule has 4 N–H and O–H groups in total. The Morgan fingerprint density at radius 1 is 1.40 bits per heavy atom. The molecular formula is C14H15N3O3. The fourth-order valence-corrected chi connectivity index (χ4v) is 1.82. The minimum absolute atomic E-state index is 0.0210. The molecule has 0 atom stereocenters. The van der Waals surface area contributed by atoms with Crippen molar-refractivity contribution in [1.29, 1.82) is 0 Å². The average Bonchev–Trinajstić information content (AvgIpc) is 2.41. The molecule has 104 valence electrons. The summed E-state index contributed by atoms with van der Waals surface area (Å²) in [5.41, 5.74) is 7.47. The van der Waals surface area contributed by atoms with Gasteiger partial charge in [-0.1, -0.05) is 0 Å². The van der Waals surface area contributed by atoms with Crippen LogP contribution in [0.1, 0.15) is 15.9 Å². The number of rotatable bonds is 4. The summed E-state index contributed by atoms with van der Waals surface area (Å²) in [5.74, 6) is 0.118. The number of nitrogen functional groups attached to an aromatic ring is 1. The van der Waals surface area contributed by atoms with Crippen LogP contribution in [-0.2, 0) is 0 Å². The molecule has 1 aromatic heterocycles. The first kappa shape index (κ1) is 13.7. The number of ether oxygens (including phenoxy) is 1. The molecule has 0 saturated carbocycles. The lowest BCUT2D eigenvalue weighted by molar-refractivity contribution is 0.0698. The molecule has 2 aromatic rings. The topological polar surface area (TPSA) is 97.5 Å². The van der Waals surface area contributed by atoms with E-state index in [0.717, 1.165) is 17.0 Å². The number of methoxy groups -OCH3 is 1. The number of carboxylic acids is 1. The third-order valence-corrected chi connectivity index (χ3v) is 2.83. The number of aromatic nitrogens is 1. The largest absolute Gasteiger partial charge is 0.496 e. The number of benzene rings is 1. The van der Waals surface area contributed by atoms with Crippen molar-refractivity contribution in [2.45, 2.75) is 6.92 Å². The SMILES string of the molecule is COc1ccc(Nc2cc(C(=O)O)c(N)cn2)cc1C. The second-order valence-corrected chi connectivity index (χ2v) is 4.27. The summed E-state index contributed by atoms with van der Waals surface area (Å²) in [6, 6.07) is 6.94. The van der Waals surface area contributed by atoms with Crippen LogP contribution in [0.5, 0.6) is 5.75 Å². The van der Waals surface area contributed by atoms with Gasteiger partial charge >= 0.3 is 5.97 Å². The Bertz CT molecular complexity index is 656. The van der Waals surface area contributed by atoms with Crippen LogP contribution >= 0.6 is 0 Å². The highest BCUT2D eigenvalue weighted by Gasteiger charge is 2.10. The van der Waals surface area contributed by atoms with E-state index in [1.165, 1.54) is 12.3 Å². The smallest absolute Gasteiger partial charge is 0.337 e. The van der Waals surface area contributed by atoms with Gasteiger partial charge in [-0.15, -0.1) is 0 Å². The third-order valence-electron chi connectivity index (χ3n) is 2.83. The highest BCUT2D eigenvalue weighted by atomic mass is 16.5. The second kappa shape index (κ2) is 5.48. The van der Waals surface area contributed by atoms with Crippen LogP contribution in [0.4, 0.5) is 17.2 Å². The number of hydrogen-bond donors (Lipinski definition) is 3. The van der Waals surface area contributed by atoms with E-state index in [1.54, 1.807) is 7.11 Å². The van der Waals surface area contributed by atoms with Gasteiger partial charge in [0.15, 0.2) is 0 Å². The van der Waals surface area contributed by atoms with E-state index >= 15 is 0 Å². The molecule has 1 aromatic carbocycles. The number of aromatic carboxylic acids is 1. The summed E-state index contributed by atoms with van der Waals surface area (Å²) in [6.45, 7) is 1.92. The molecule has 0 aliphatic rings. The standard InChI is InChI=1S/C14H15N3O3/c1-8-5-9(3-4-12(8)20-2)17-13-6-10(14(18)19)11(15)7-16-13/h3-7H,15H2,1-2H3,(H,16,17)(H,18,19). The molecule has 0 bridgehead atoms. The molecule has 1 heterocycles. The number of pyridine rings is 1. The fourth-order valence-electron chi connectivity index (χ4n) is 1.82. The molecule has 0 unspecified atom stereocenters. The maximum atomic E-state index is 11.0. The molecular weight excluding hydrogens is 258 g/mol. The van der Waals surface area contributed by atoms with E-state index in [4.69, 9.17) is 15.6 Å². The summed E-state index contributed by atoms with van der Waals surface area (Å²) in [4.78, 5) is 15.1. The van der Waals surface area contributed by atoms with Crippen molar-refractivity contribution >= 4 is 23.2 Å². The zero-order valence-electron chi connectivity index (χ0n) is 11.2. The van der Waals surface area contributed by atoms with Gasteiger partial charge in [0, 0.05) is 5.69 Å². The molecule has 6 heteroatoms.